The van der Waals surface area contributed by atoms with Gasteiger partial charge in [0.25, 0.3) is 11.6 Å². The number of nitrogens with zero attached hydrogens (tertiary/aromatic N) is 2. The van der Waals surface area contributed by atoms with E-state index in [9.17, 15) is 14.9 Å². The van der Waals surface area contributed by atoms with Crippen LogP contribution in [0.1, 0.15) is 30.6 Å². The third kappa shape index (κ3) is 4.20. The predicted octanol–water partition coefficient (Wildman–Crippen LogP) is 5.35. The van der Waals surface area contributed by atoms with Gasteiger partial charge in [0.2, 0.25) is 0 Å². The third-order valence-corrected chi connectivity index (χ3v) is 6.20. The number of nitrogens with one attached hydrogen (secondary N) is 1. The number of nitro benzene ring substituents is 1. The van der Waals surface area contributed by atoms with E-state index in [-0.39, 0.29) is 17.2 Å². The average molecular weight is 387 g/mol. The van der Waals surface area contributed by atoms with Crippen molar-refractivity contribution in [3.8, 4) is 0 Å². The molecule has 0 unspecified atom stereocenters. The molecule has 8 heteroatoms. The van der Waals surface area contributed by atoms with Gasteiger partial charge in [0.15, 0.2) is 4.34 Å². The van der Waals surface area contributed by atoms with Crippen molar-refractivity contribution in [2.24, 2.45) is 0 Å². The van der Waals surface area contributed by atoms with E-state index in [4.69, 9.17) is 0 Å². The molecule has 1 heterocycles. The smallest absolute Gasteiger partial charge is 0.270 e. The predicted molar refractivity (Wildman–Crippen MR) is 106 cm³/mol. The Kier molecular flexibility index (Phi) is 5.53. The number of carbonyl (C=O) groups excluding carboxylic acids is 1. The first-order chi connectivity index (χ1) is 12.5. The maximum absolute atomic E-state index is 12.4. The number of fused-ring (bicyclic) bond motifs is 1. The summed E-state index contributed by atoms with van der Waals surface area (Å²) in [5.74, 6) is -0.383. The molecule has 1 amide bonds. The molecule has 1 atom stereocenters. The minimum absolute atomic E-state index is 0.109. The lowest BCUT2D eigenvalue weighted by molar-refractivity contribution is -0.384. The van der Waals surface area contributed by atoms with Gasteiger partial charge in [0.05, 0.1) is 15.1 Å². The highest BCUT2D eigenvalue weighted by Crippen LogP contribution is 2.34. The van der Waals surface area contributed by atoms with Gasteiger partial charge in [-0.15, -0.1) is 11.3 Å². The Balaban J connectivity index is 1.79. The van der Waals surface area contributed by atoms with Gasteiger partial charge in [-0.2, -0.15) is 0 Å². The molecular weight excluding hydrogens is 370 g/mol. The summed E-state index contributed by atoms with van der Waals surface area (Å²) in [6, 6.07) is 11.2. The number of nitro groups is 1. The van der Waals surface area contributed by atoms with Gasteiger partial charge in [0, 0.05) is 28.6 Å². The SMILES string of the molecule is CC[C@H](C)Sc1nc2ccc(NC(=O)c3cccc([N+](=O)[O-])c3)cc2s1. The highest BCUT2D eigenvalue weighted by Gasteiger charge is 2.13. The summed E-state index contributed by atoms with van der Waals surface area (Å²) < 4.78 is 2.00. The summed E-state index contributed by atoms with van der Waals surface area (Å²) in [5, 5.41) is 14.1. The standard InChI is InChI=1S/C18H17N3O3S2/c1-3-11(2)25-18-20-15-8-7-13(10-16(15)26-18)19-17(22)12-5-4-6-14(9-12)21(23)24/h4-11H,3H2,1-2H3,(H,19,22)/t11-/m0/s1. The summed E-state index contributed by atoms with van der Waals surface area (Å²) in [6.45, 7) is 4.31. The van der Waals surface area contributed by atoms with Gasteiger partial charge in [-0.1, -0.05) is 31.7 Å². The van der Waals surface area contributed by atoms with Gasteiger partial charge >= 0.3 is 0 Å². The zero-order chi connectivity index (χ0) is 18.7. The Morgan fingerprint density at radius 1 is 1.35 bits per heavy atom. The van der Waals surface area contributed by atoms with E-state index in [1.807, 2.05) is 12.1 Å². The van der Waals surface area contributed by atoms with Crippen LogP contribution in [-0.2, 0) is 0 Å². The quantitative estimate of drug-likeness (QED) is 0.350. The van der Waals surface area contributed by atoms with Crippen LogP contribution in [-0.4, -0.2) is 21.1 Å². The average Bonchev–Trinajstić information content (AvgIpc) is 3.03. The highest BCUT2D eigenvalue weighted by atomic mass is 32.2. The monoisotopic (exact) mass is 387 g/mol. The highest BCUT2D eigenvalue weighted by molar-refractivity contribution is 8.01. The Labute approximate surface area is 158 Å². The minimum atomic E-state index is -0.517. The van der Waals surface area contributed by atoms with Crippen LogP contribution in [0.3, 0.4) is 0 Å². The van der Waals surface area contributed by atoms with Gasteiger partial charge in [0.1, 0.15) is 0 Å². The maximum Gasteiger partial charge on any atom is 0.270 e. The van der Waals surface area contributed by atoms with Gasteiger partial charge in [-0.3, -0.25) is 14.9 Å². The molecule has 0 bridgehead atoms. The largest absolute Gasteiger partial charge is 0.322 e. The Morgan fingerprint density at radius 2 is 2.15 bits per heavy atom. The number of benzene rings is 2. The van der Waals surface area contributed by atoms with Crippen molar-refractivity contribution in [2.75, 3.05) is 5.32 Å². The van der Waals surface area contributed by atoms with Crippen molar-refractivity contribution in [3.05, 3.63) is 58.1 Å². The lowest BCUT2D eigenvalue weighted by Gasteiger charge is -2.05. The molecule has 3 rings (SSSR count). The molecule has 0 fully saturated rings. The summed E-state index contributed by atoms with van der Waals surface area (Å²) in [5.41, 5.74) is 1.67. The van der Waals surface area contributed by atoms with Crippen LogP contribution < -0.4 is 5.32 Å². The molecule has 0 radical (unpaired) electrons. The van der Waals surface area contributed by atoms with Crippen LogP contribution in [0.4, 0.5) is 11.4 Å². The van der Waals surface area contributed by atoms with Crippen LogP contribution in [0, 0.1) is 10.1 Å². The van der Waals surface area contributed by atoms with E-state index in [0.717, 1.165) is 21.0 Å². The van der Waals surface area contributed by atoms with Crippen LogP contribution in [0.2, 0.25) is 0 Å². The molecule has 1 N–H and O–H groups in total. The van der Waals surface area contributed by atoms with Gasteiger partial charge < -0.3 is 5.32 Å². The maximum atomic E-state index is 12.4. The summed E-state index contributed by atoms with van der Waals surface area (Å²) in [7, 11) is 0. The molecule has 134 valence electrons. The summed E-state index contributed by atoms with van der Waals surface area (Å²) >= 11 is 3.34. The van der Waals surface area contributed by atoms with Gasteiger partial charge in [-0.25, -0.2) is 4.98 Å². The van der Waals surface area contributed by atoms with Crippen molar-refractivity contribution in [1.82, 2.24) is 4.98 Å². The number of carbonyl (C=O) groups is 1. The second-order valence-electron chi connectivity index (χ2n) is 5.76. The number of rotatable bonds is 6. The molecule has 0 saturated carbocycles. The second-order valence-corrected chi connectivity index (χ2v) is 8.48. The Morgan fingerprint density at radius 3 is 2.88 bits per heavy atom. The topological polar surface area (TPSA) is 85.1 Å². The molecule has 3 aromatic rings. The first kappa shape index (κ1) is 18.3. The van der Waals surface area contributed by atoms with Gasteiger partial charge in [-0.05, 0) is 30.7 Å². The molecule has 6 nitrogen and oxygen atoms in total. The molecule has 1 aromatic heterocycles. The van der Waals surface area contributed by atoms with Crippen LogP contribution in [0.5, 0.6) is 0 Å². The van der Waals surface area contributed by atoms with E-state index in [1.165, 1.54) is 18.2 Å². The fourth-order valence-electron chi connectivity index (χ4n) is 2.25. The van der Waals surface area contributed by atoms with Crippen molar-refractivity contribution in [2.45, 2.75) is 29.9 Å². The lowest BCUT2D eigenvalue weighted by Crippen LogP contribution is -2.11. The fraction of sp³-hybridized carbons (Fsp3) is 0.222. The van der Waals surface area contributed by atoms with E-state index in [2.05, 4.69) is 24.1 Å². The summed E-state index contributed by atoms with van der Waals surface area (Å²) in [4.78, 5) is 27.3. The first-order valence-corrected chi connectivity index (χ1v) is 9.79. The molecule has 0 saturated heterocycles. The number of amides is 1. The second kappa shape index (κ2) is 7.84. The number of non-ortho nitro benzene ring substituents is 1. The first-order valence-electron chi connectivity index (χ1n) is 8.09. The zero-order valence-electron chi connectivity index (χ0n) is 14.3. The van der Waals surface area contributed by atoms with Crippen LogP contribution in [0.15, 0.2) is 46.8 Å². The fourth-order valence-corrected chi connectivity index (χ4v) is 4.60. The Hall–Kier alpha value is -2.45. The van der Waals surface area contributed by atoms with Crippen molar-refractivity contribution >= 4 is 50.6 Å². The number of thioether (sulfide) groups is 1. The molecule has 26 heavy (non-hydrogen) atoms. The molecule has 0 aliphatic rings. The minimum Gasteiger partial charge on any atom is -0.322 e. The lowest BCUT2D eigenvalue weighted by atomic mass is 10.2. The normalized spacial score (nSPS) is 12.1. The van der Waals surface area contributed by atoms with Crippen LogP contribution >= 0.6 is 23.1 Å². The van der Waals surface area contributed by atoms with E-state index >= 15 is 0 Å². The number of aromatic nitrogens is 1. The molecule has 0 aliphatic carbocycles. The number of hydrogen-bond donors (Lipinski definition) is 1. The molecule has 2 aromatic carbocycles. The number of thiazole rings is 1. The van der Waals surface area contributed by atoms with Crippen molar-refractivity contribution in [3.63, 3.8) is 0 Å². The van der Waals surface area contributed by atoms with Crippen molar-refractivity contribution < 1.29 is 9.72 Å². The van der Waals surface area contributed by atoms with Crippen LogP contribution in [0.25, 0.3) is 10.2 Å². The Bertz CT molecular complexity index is 971. The van der Waals surface area contributed by atoms with Crippen molar-refractivity contribution in [1.29, 1.82) is 0 Å². The number of hydrogen-bond acceptors (Lipinski definition) is 6. The third-order valence-electron chi connectivity index (χ3n) is 3.82. The molecular formula is C18H17N3O3S2. The summed E-state index contributed by atoms with van der Waals surface area (Å²) in [6.07, 6.45) is 1.07. The van der Waals surface area contributed by atoms with E-state index in [0.29, 0.717) is 10.9 Å². The molecule has 0 aliphatic heterocycles. The zero-order valence-corrected chi connectivity index (χ0v) is 15.9. The molecule has 0 spiro atoms. The number of anilines is 1. The van der Waals surface area contributed by atoms with E-state index < -0.39 is 4.92 Å². The van der Waals surface area contributed by atoms with E-state index in [1.54, 1.807) is 35.2 Å².